The van der Waals surface area contributed by atoms with E-state index in [1.165, 1.54) is 5.56 Å². The number of anilines is 1. The van der Waals surface area contributed by atoms with Crippen molar-refractivity contribution in [3.05, 3.63) is 58.9 Å². The van der Waals surface area contributed by atoms with Gasteiger partial charge in [-0.1, -0.05) is 36.7 Å². The van der Waals surface area contributed by atoms with Crippen LogP contribution >= 0.6 is 11.6 Å². The molecule has 0 radical (unpaired) electrons. The van der Waals surface area contributed by atoms with Crippen LogP contribution in [0.5, 0.6) is 0 Å². The Hall–Kier alpha value is -1.58. The molecule has 2 N–H and O–H groups in total. The van der Waals surface area contributed by atoms with Gasteiger partial charge in [-0.05, 0) is 36.6 Å². The van der Waals surface area contributed by atoms with Crippen molar-refractivity contribution in [2.75, 3.05) is 11.9 Å². The molecule has 0 aliphatic carbocycles. The molecule has 1 unspecified atom stereocenters. The third-order valence-electron chi connectivity index (χ3n) is 3.58. The van der Waals surface area contributed by atoms with Crippen molar-refractivity contribution < 1.29 is 0 Å². The van der Waals surface area contributed by atoms with Crippen LogP contribution in [0, 0.1) is 0 Å². The van der Waals surface area contributed by atoms with Crippen LogP contribution in [0.15, 0.2) is 42.6 Å². The first kappa shape index (κ1) is 15.8. The van der Waals surface area contributed by atoms with Crippen molar-refractivity contribution in [3.8, 4) is 0 Å². The molecule has 0 saturated carbocycles. The van der Waals surface area contributed by atoms with E-state index >= 15 is 0 Å². The highest BCUT2D eigenvalue weighted by Gasteiger charge is 2.14. The summed E-state index contributed by atoms with van der Waals surface area (Å²) in [5.74, 6) is 0. The van der Waals surface area contributed by atoms with Crippen LogP contribution < -0.4 is 10.6 Å². The van der Waals surface area contributed by atoms with E-state index in [9.17, 15) is 0 Å². The van der Waals surface area contributed by atoms with Crippen LogP contribution in [0.25, 0.3) is 0 Å². The Labute approximate surface area is 131 Å². The molecule has 21 heavy (non-hydrogen) atoms. The summed E-state index contributed by atoms with van der Waals surface area (Å²) in [5.41, 5.74) is 9.36. The molecule has 1 aromatic carbocycles. The smallest absolute Gasteiger partial charge is 0.0642 e. The van der Waals surface area contributed by atoms with Crippen molar-refractivity contribution in [3.63, 3.8) is 0 Å². The first-order valence-corrected chi connectivity index (χ1v) is 7.63. The predicted octanol–water partition coefficient (Wildman–Crippen LogP) is 3.65. The molecule has 2 aromatic rings. The second-order valence-corrected chi connectivity index (χ2v) is 5.70. The lowest BCUT2D eigenvalue weighted by molar-refractivity contribution is 0.645. The Morgan fingerprint density at radius 3 is 2.71 bits per heavy atom. The number of nitrogens with zero attached hydrogens (tertiary/aromatic N) is 2. The maximum absolute atomic E-state index is 6.41. The van der Waals surface area contributed by atoms with Crippen LogP contribution in [0.1, 0.15) is 24.6 Å². The van der Waals surface area contributed by atoms with Crippen molar-refractivity contribution in [2.24, 2.45) is 5.73 Å². The van der Waals surface area contributed by atoms with Gasteiger partial charge in [0, 0.05) is 19.3 Å². The number of nitrogens with two attached hydrogens (primary N) is 1. The maximum atomic E-state index is 6.41. The van der Waals surface area contributed by atoms with E-state index in [1.54, 1.807) is 0 Å². The number of hydrogen-bond acceptors (Lipinski definition) is 3. The normalized spacial score (nSPS) is 12.2. The average Bonchev–Trinajstić information content (AvgIpc) is 2.48. The molecule has 0 saturated heterocycles. The van der Waals surface area contributed by atoms with Crippen LogP contribution in [0.3, 0.4) is 0 Å². The monoisotopic (exact) mass is 303 g/mol. The number of aromatic nitrogens is 1. The first-order chi connectivity index (χ1) is 10.1. The number of rotatable bonds is 6. The molecule has 3 nitrogen and oxygen atoms in total. The number of halogens is 1. The van der Waals surface area contributed by atoms with Crippen molar-refractivity contribution in [1.82, 2.24) is 4.98 Å². The SMILES string of the molecule is CCC(N)Cc1cccc(Cl)c1N(C)Cc1ccccn1. The quantitative estimate of drug-likeness (QED) is 0.885. The molecule has 1 heterocycles. The molecule has 112 valence electrons. The molecule has 0 spiro atoms. The number of pyridine rings is 1. The Morgan fingerprint density at radius 2 is 2.05 bits per heavy atom. The molecule has 1 atom stereocenters. The average molecular weight is 304 g/mol. The van der Waals surface area contributed by atoms with Gasteiger partial charge in [-0.3, -0.25) is 4.98 Å². The third-order valence-corrected chi connectivity index (χ3v) is 3.89. The highest BCUT2D eigenvalue weighted by Crippen LogP contribution is 2.31. The van der Waals surface area contributed by atoms with Crippen molar-refractivity contribution in [2.45, 2.75) is 32.4 Å². The highest BCUT2D eigenvalue weighted by atomic mass is 35.5. The summed E-state index contributed by atoms with van der Waals surface area (Å²) in [6.45, 7) is 2.82. The van der Waals surface area contributed by atoms with Gasteiger partial charge < -0.3 is 10.6 Å². The van der Waals surface area contributed by atoms with Gasteiger partial charge in [0.1, 0.15) is 0 Å². The van der Waals surface area contributed by atoms with E-state index in [1.807, 2.05) is 43.6 Å². The number of para-hydroxylation sites is 1. The fourth-order valence-electron chi connectivity index (χ4n) is 2.39. The first-order valence-electron chi connectivity index (χ1n) is 7.25. The minimum Gasteiger partial charge on any atom is -0.367 e. The van der Waals surface area contributed by atoms with E-state index in [0.717, 1.165) is 35.8 Å². The van der Waals surface area contributed by atoms with Gasteiger partial charge in [-0.25, -0.2) is 0 Å². The van der Waals surface area contributed by atoms with Crippen LogP contribution in [-0.4, -0.2) is 18.1 Å². The van der Waals surface area contributed by atoms with E-state index in [-0.39, 0.29) is 6.04 Å². The van der Waals surface area contributed by atoms with Gasteiger partial charge in [-0.15, -0.1) is 0 Å². The lowest BCUT2D eigenvalue weighted by atomic mass is 10.0. The van der Waals surface area contributed by atoms with Gasteiger partial charge in [0.2, 0.25) is 0 Å². The molecule has 0 fully saturated rings. The second kappa shape index (κ2) is 7.43. The summed E-state index contributed by atoms with van der Waals surface area (Å²) in [5, 5.41) is 0.759. The van der Waals surface area contributed by atoms with Crippen LogP contribution in [0.2, 0.25) is 5.02 Å². The summed E-state index contributed by atoms with van der Waals surface area (Å²) in [7, 11) is 2.04. The van der Waals surface area contributed by atoms with E-state index in [2.05, 4.69) is 22.9 Å². The van der Waals surface area contributed by atoms with Crippen molar-refractivity contribution >= 4 is 17.3 Å². The minimum atomic E-state index is 0.158. The molecule has 2 rings (SSSR count). The maximum Gasteiger partial charge on any atom is 0.0642 e. The van der Waals surface area contributed by atoms with Crippen LogP contribution in [0.4, 0.5) is 5.69 Å². The van der Waals surface area contributed by atoms with E-state index < -0.39 is 0 Å². The fourth-order valence-corrected chi connectivity index (χ4v) is 2.73. The molecule has 0 bridgehead atoms. The molecule has 1 aromatic heterocycles. The van der Waals surface area contributed by atoms with Gasteiger partial charge in [-0.2, -0.15) is 0 Å². The minimum absolute atomic E-state index is 0.158. The van der Waals surface area contributed by atoms with Gasteiger partial charge in [0.05, 0.1) is 22.9 Å². The Kier molecular flexibility index (Phi) is 5.59. The Balaban J connectivity index is 2.24. The summed E-state index contributed by atoms with van der Waals surface area (Å²) >= 11 is 6.41. The summed E-state index contributed by atoms with van der Waals surface area (Å²) in [4.78, 5) is 6.51. The highest BCUT2D eigenvalue weighted by molar-refractivity contribution is 6.33. The largest absolute Gasteiger partial charge is 0.367 e. The standard InChI is InChI=1S/C17H22ClN3/c1-3-14(19)11-13-7-6-9-16(18)17(13)21(2)12-15-8-4-5-10-20-15/h4-10,14H,3,11-12,19H2,1-2H3. The van der Waals surface area contributed by atoms with Crippen LogP contribution in [-0.2, 0) is 13.0 Å². The summed E-state index contributed by atoms with van der Waals surface area (Å²) in [6.07, 6.45) is 3.60. The van der Waals surface area contributed by atoms with Gasteiger partial charge >= 0.3 is 0 Å². The number of benzene rings is 1. The fraction of sp³-hybridized carbons (Fsp3) is 0.353. The molecule has 0 aliphatic rings. The molecule has 0 amide bonds. The Morgan fingerprint density at radius 1 is 1.24 bits per heavy atom. The molecule has 0 aliphatic heterocycles. The van der Waals surface area contributed by atoms with E-state index in [4.69, 9.17) is 17.3 Å². The lowest BCUT2D eigenvalue weighted by Crippen LogP contribution is -2.24. The second-order valence-electron chi connectivity index (χ2n) is 5.30. The zero-order chi connectivity index (χ0) is 15.2. The molecular formula is C17H22ClN3. The van der Waals surface area contributed by atoms with E-state index in [0.29, 0.717) is 0 Å². The number of hydrogen-bond donors (Lipinski definition) is 1. The third kappa shape index (κ3) is 4.19. The zero-order valence-corrected chi connectivity index (χ0v) is 13.3. The topological polar surface area (TPSA) is 42.1 Å². The molecule has 4 heteroatoms. The van der Waals surface area contributed by atoms with Crippen molar-refractivity contribution in [1.29, 1.82) is 0 Å². The zero-order valence-electron chi connectivity index (χ0n) is 12.6. The lowest BCUT2D eigenvalue weighted by Gasteiger charge is -2.24. The van der Waals surface area contributed by atoms with Gasteiger partial charge in [0.15, 0.2) is 0 Å². The Bertz CT molecular complexity index is 572. The van der Waals surface area contributed by atoms with Gasteiger partial charge in [0.25, 0.3) is 0 Å². The molecular weight excluding hydrogens is 282 g/mol. The predicted molar refractivity (Wildman–Crippen MR) is 89.8 cm³/mol. The summed E-state index contributed by atoms with van der Waals surface area (Å²) in [6, 6.07) is 12.1. The summed E-state index contributed by atoms with van der Waals surface area (Å²) < 4.78 is 0.